The Morgan fingerprint density at radius 1 is 0.429 bits per heavy atom. The van der Waals surface area contributed by atoms with Gasteiger partial charge in [0.2, 0.25) is 0 Å². The average Bonchev–Trinajstić information content (AvgIpc) is 2.96. The molecule has 0 heterocycles. The zero-order valence-electron chi connectivity index (χ0n) is 18.9. The maximum absolute atomic E-state index is 4.96. The second kappa shape index (κ2) is 18.1. The molecule has 0 N–H and O–H groups in total. The van der Waals surface area contributed by atoms with E-state index in [9.17, 15) is 0 Å². The minimum absolute atomic E-state index is 0.972. The number of hydrogen-bond acceptors (Lipinski definition) is 0. The Morgan fingerprint density at radius 3 is 0.643 bits per heavy atom. The van der Waals surface area contributed by atoms with Crippen LogP contribution in [-0.2, 0) is 35.2 Å². The Balaban J connectivity index is 0. The molecule has 0 nitrogen and oxygen atoms in total. The predicted octanol–water partition coefficient (Wildman–Crippen LogP) is 8.94. The Hall–Kier alpha value is 2.64. The van der Waals surface area contributed by atoms with Crippen molar-refractivity contribution in [3.8, 4) is 0 Å². The summed E-state index contributed by atoms with van der Waals surface area (Å²) in [6, 6.07) is 0. The van der Waals surface area contributed by atoms with E-state index in [0.29, 0.717) is 0 Å². The van der Waals surface area contributed by atoms with Crippen LogP contribution in [0.3, 0.4) is 0 Å². The molecule has 0 aromatic carbocycles. The van der Waals surface area contributed by atoms with Crippen LogP contribution in [0.1, 0.15) is 82.1 Å². The van der Waals surface area contributed by atoms with Crippen LogP contribution in [0, 0.1) is 59.2 Å². The molecule has 10 radical (unpaired) electrons. The number of hydrogen-bond donors (Lipinski definition) is 0. The average molecular weight is 804 g/mol. The number of rotatable bonds is 2. The van der Waals surface area contributed by atoms with E-state index in [1.807, 2.05) is 0 Å². The van der Waals surface area contributed by atoms with E-state index >= 15 is 0 Å². The van der Waals surface area contributed by atoms with E-state index in [1.54, 1.807) is 11.8 Å². The molecule has 0 unspecified atom stereocenters. The molecule has 2 saturated carbocycles. The summed E-state index contributed by atoms with van der Waals surface area (Å²) in [5.41, 5.74) is 0. The first-order chi connectivity index (χ1) is 13.0. The van der Waals surface area contributed by atoms with Crippen LogP contribution in [0.5, 0.6) is 0 Å². The molecule has 2 rings (SSSR count). The van der Waals surface area contributed by atoms with Crippen molar-refractivity contribution in [3.63, 3.8) is 0 Å². The first-order valence-electron chi connectivity index (χ1n) is 9.38. The molecule has 0 saturated heterocycles. The van der Waals surface area contributed by atoms with Crippen LogP contribution in [0.15, 0.2) is 0 Å². The molecular formula is C22H36Cl4Ta2. The zero-order chi connectivity index (χ0) is 22.6. The molecule has 0 aliphatic heterocycles. The molecule has 2 fully saturated rings. The van der Waals surface area contributed by atoms with Gasteiger partial charge in [-0.1, -0.05) is 69.2 Å². The Kier molecular flexibility index (Phi) is 21.2. The standard InChI is InChI=1S/2C11H17.4ClH.2Ta.2H/c2*1-6-11-9(4)7(2)8(3)10(11)5;;;;;;;;/h2*6H2,1-5H3;4*1H;;;;/q;;;;;;2*+2;;/p-4. The third-order valence-corrected chi connectivity index (χ3v) is 5.89. The van der Waals surface area contributed by atoms with Crippen molar-refractivity contribution in [2.24, 2.45) is 0 Å². The summed E-state index contributed by atoms with van der Waals surface area (Å²) in [5.74, 6) is 15.1. The summed E-state index contributed by atoms with van der Waals surface area (Å²) < 4.78 is 0. The Bertz CT molecular complexity index is 310. The van der Waals surface area contributed by atoms with Crippen molar-refractivity contribution < 1.29 is 35.2 Å². The quantitative estimate of drug-likeness (QED) is 0.262. The Morgan fingerprint density at radius 2 is 0.571 bits per heavy atom. The van der Waals surface area contributed by atoms with Gasteiger partial charge in [-0.05, 0) is 72.0 Å². The van der Waals surface area contributed by atoms with Crippen LogP contribution < -0.4 is 0 Å². The molecule has 0 amide bonds. The fourth-order valence-electron chi connectivity index (χ4n) is 3.65. The number of halogens is 4. The van der Waals surface area contributed by atoms with Crippen molar-refractivity contribution in [3.05, 3.63) is 59.2 Å². The van der Waals surface area contributed by atoms with Crippen molar-refractivity contribution in [2.75, 3.05) is 0 Å². The first kappa shape index (κ1) is 32.8. The van der Waals surface area contributed by atoms with Gasteiger partial charge in [0.25, 0.3) is 0 Å². The van der Waals surface area contributed by atoms with Gasteiger partial charge < -0.3 is 0 Å². The molecule has 28 heavy (non-hydrogen) atoms. The molecular weight excluding hydrogens is 768 g/mol. The van der Waals surface area contributed by atoms with Gasteiger partial charge in [0.1, 0.15) is 0 Å². The van der Waals surface area contributed by atoms with Crippen LogP contribution in [0.2, 0.25) is 0 Å². The maximum atomic E-state index is 4.96. The molecule has 0 aromatic rings. The van der Waals surface area contributed by atoms with E-state index in [2.05, 4.69) is 69.2 Å². The summed E-state index contributed by atoms with van der Waals surface area (Å²) in [5, 5.41) is 0. The minimum atomic E-state index is -0.972. The first-order valence-corrected chi connectivity index (χ1v) is 27.2. The van der Waals surface area contributed by atoms with E-state index in [0.717, 1.165) is 0 Å². The van der Waals surface area contributed by atoms with E-state index in [4.69, 9.17) is 36.8 Å². The molecule has 0 bridgehead atoms. The van der Waals surface area contributed by atoms with Gasteiger partial charge in [0.15, 0.2) is 0 Å². The topological polar surface area (TPSA) is 0 Å². The van der Waals surface area contributed by atoms with E-state index < -0.39 is 35.2 Å². The van der Waals surface area contributed by atoms with E-state index in [1.165, 1.54) is 60.2 Å². The molecule has 2 aliphatic carbocycles. The molecule has 0 atom stereocenters. The van der Waals surface area contributed by atoms with Crippen molar-refractivity contribution in [1.29, 1.82) is 0 Å². The predicted molar refractivity (Wildman–Crippen MR) is 125 cm³/mol. The van der Waals surface area contributed by atoms with Crippen molar-refractivity contribution >= 4 is 36.8 Å². The van der Waals surface area contributed by atoms with Crippen molar-refractivity contribution in [1.82, 2.24) is 0 Å². The van der Waals surface area contributed by atoms with Gasteiger partial charge in [0.05, 0.1) is 0 Å². The fourth-order valence-corrected chi connectivity index (χ4v) is 3.65. The van der Waals surface area contributed by atoms with Crippen LogP contribution in [0.4, 0.5) is 0 Å². The van der Waals surface area contributed by atoms with Gasteiger partial charge in [0, 0.05) is 0 Å². The fraction of sp³-hybridized carbons (Fsp3) is 0.545. The summed E-state index contributed by atoms with van der Waals surface area (Å²) in [4.78, 5) is 0. The third-order valence-electron chi connectivity index (χ3n) is 5.89. The Labute approximate surface area is 211 Å². The van der Waals surface area contributed by atoms with Crippen molar-refractivity contribution in [2.45, 2.75) is 82.1 Å². The van der Waals surface area contributed by atoms with Gasteiger partial charge in [-0.2, -0.15) is 0 Å². The van der Waals surface area contributed by atoms with Gasteiger partial charge in [-0.15, -0.1) is 0 Å². The normalized spacial score (nSPS) is 22.5. The van der Waals surface area contributed by atoms with Gasteiger partial charge >= 0.3 is 71.9 Å². The summed E-state index contributed by atoms with van der Waals surface area (Å²) in [6.45, 7) is 22.3. The van der Waals surface area contributed by atoms with Gasteiger partial charge in [-0.3, -0.25) is 0 Å². The van der Waals surface area contributed by atoms with E-state index in [-0.39, 0.29) is 0 Å². The zero-order valence-corrected chi connectivity index (χ0v) is 29.1. The summed E-state index contributed by atoms with van der Waals surface area (Å²) >= 11 is -1.94. The molecule has 0 aromatic heterocycles. The molecule has 0 spiro atoms. The van der Waals surface area contributed by atoms with Gasteiger partial charge in [-0.25, -0.2) is 0 Å². The molecule has 2 aliphatic rings. The second-order valence-corrected chi connectivity index (χ2v) is 17.2. The third kappa shape index (κ3) is 10.1. The van der Waals surface area contributed by atoms with Crippen LogP contribution in [-0.4, -0.2) is 0 Å². The van der Waals surface area contributed by atoms with Crippen LogP contribution in [0.25, 0.3) is 0 Å². The molecule has 162 valence electrons. The molecule has 6 heteroatoms. The van der Waals surface area contributed by atoms with Crippen LogP contribution >= 0.6 is 36.8 Å². The SMILES string of the molecule is CC[C]1[C](C)[C](C)[C](C)[C]1C.CC[C]1[C](C)[C](C)[C](C)[C]1C.[Cl][TaH][Cl].[Cl][TaH][Cl]. The monoisotopic (exact) mass is 802 g/mol. The summed E-state index contributed by atoms with van der Waals surface area (Å²) in [7, 11) is 19.8. The second-order valence-electron chi connectivity index (χ2n) is 6.81. The summed E-state index contributed by atoms with van der Waals surface area (Å²) in [6.07, 6.45) is 2.35.